The zero-order valence-electron chi connectivity index (χ0n) is 16.2. The van der Waals surface area contributed by atoms with Crippen LogP contribution in [0, 0.1) is 0 Å². The van der Waals surface area contributed by atoms with Crippen LogP contribution in [-0.2, 0) is 25.0 Å². The minimum atomic E-state index is -0.00942. The van der Waals surface area contributed by atoms with E-state index < -0.39 is 0 Å². The van der Waals surface area contributed by atoms with Crippen LogP contribution < -0.4 is 10.2 Å². The van der Waals surface area contributed by atoms with E-state index in [1.807, 2.05) is 49.3 Å². The Morgan fingerprint density at radius 3 is 2.64 bits per heavy atom. The Balaban J connectivity index is 0.00000280. The highest BCUT2D eigenvalue weighted by Gasteiger charge is 2.27. The smallest absolute Gasteiger partial charge is 0.246 e. The van der Waals surface area contributed by atoms with Gasteiger partial charge in [-0.15, -0.1) is 24.0 Å². The molecule has 1 aliphatic heterocycles. The van der Waals surface area contributed by atoms with E-state index in [1.165, 1.54) is 0 Å². The Bertz CT molecular complexity index is 822. The van der Waals surface area contributed by atoms with Crippen molar-refractivity contribution in [2.45, 2.75) is 20.1 Å². The average Bonchev–Trinajstić information content (AvgIpc) is 3.11. The number of aryl methyl sites for hydroxylation is 1. The van der Waals surface area contributed by atoms with Gasteiger partial charge in [-0.1, -0.05) is 24.3 Å². The lowest BCUT2D eigenvalue weighted by molar-refractivity contribution is -0.120. The third-order valence-electron chi connectivity index (χ3n) is 4.55. The van der Waals surface area contributed by atoms with Crippen LogP contribution >= 0.6 is 24.0 Å². The molecule has 8 nitrogen and oxygen atoms in total. The molecule has 2 aromatic rings. The minimum Gasteiger partial charge on any atom is -0.392 e. The lowest BCUT2D eigenvalue weighted by atomic mass is 10.1. The van der Waals surface area contributed by atoms with Crippen LogP contribution in [-0.4, -0.2) is 57.8 Å². The van der Waals surface area contributed by atoms with Gasteiger partial charge in [0.25, 0.3) is 0 Å². The molecular formula is C19H27IN6O2. The summed E-state index contributed by atoms with van der Waals surface area (Å²) in [6.45, 7) is 4.71. The molecule has 0 aliphatic carbocycles. The largest absolute Gasteiger partial charge is 0.392 e. The van der Waals surface area contributed by atoms with Crippen LogP contribution in [0.4, 0.5) is 5.69 Å². The van der Waals surface area contributed by atoms with E-state index in [1.54, 1.807) is 15.8 Å². The van der Waals surface area contributed by atoms with Gasteiger partial charge in [-0.3, -0.25) is 9.48 Å². The average molecular weight is 498 g/mol. The van der Waals surface area contributed by atoms with E-state index >= 15 is 0 Å². The molecule has 0 saturated carbocycles. The summed E-state index contributed by atoms with van der Waals surface area (Å²) in [6.07, 6.45) is 3.55. The van der Waals surface area contributed by atoms with Crippen LogP contribution in [0.25, 0.3) is 0 Å². The van der Waals surface area contributed by atoms with E-state index in [9.17, 15) is 9.90 Å². The number of nitrogens with zero attached hydrogens (tertiary/aromatic N) is 5. The number of guanidine groups is 1. The highest BCUT2D eigenvalue weighted by molar-refractivity contribution is 14.0. The summed E-state index contributed by atoms with van der Waals surface area (Å²) in [5.41, 5.74) is 2.67. The summed E-state index contributed by atoms with van der Waals surface area (Å²) in [4.78, 5) is 21.0. The van der Waals surface area contributed by atoms with Crippen molar-refractivity contribution < 1.29 is 9.90 Å². The Morgan fingerprint density at radius 2 is 2.04 bits per heavy atom. The second-order valence-electron chi connectivity index (χ2n) is 6.44. The van der Waals surface area contributed by atoms with Gasteiger partial charge in [-0.05, 0) is 18.1 Å². The van der Waals surface area contributed by atoms with Crippen molar-refractivity contribution >= 4 is 41.5 Å². The van der Waals surface area contributed by atoms with Crippen LogP contribution in [0.5, 0.6) is 0 Å². The molecule has 152 valence electrons. The SMILES string of the molecule is CCNC(=NCc1ccccc1CO)N1CCN(c2cnn(C)c2)C(=O)C1.I. The normalized spacial score (nSPS) is 14.8. The molecule has 1 aromatic heterocycles. The van der Waals surface area contributed by atoms with Crippen LogP contribution in [0.2, 0.25) is 0 Å². The maximum absolute atomic E-state index is 12.6. The summed E-state index contributed by atoms with van der Waals surface area (Å²) in [6, 6.07) is 7.70. The first kappa shape index (κ1) is 22.2. The Morgan fingerprint density at radius 1 is 1.29 bits per heavy atom. The second-order valence-corrected chi connectivity index (χ2v) is 6.44. The molecule has 1 aliphatic rings. The number of aliphatic hydroxyl groups excluding tert-OH is 1. The molecule has 0 atom stereocenters. The molecule has 1 saturated heterocycles. The van der Waals surface area contributed by atoms with Crippen molar-refractivity contribution in [3.05, 3.63) is 47.8 Å². The zero-order chi connectivity index (χ0) is 19.2. The number of carbonyl (C=O) groups excluding carboxylic acids is 1. The fraction of sp³-hybridized carbons (Fsp3) is 0.421. The van der Waals surface area contributed by atoms with E-state index in [4.69, 9.17) is 0 Å². The van der Waals surface area contributed by atoms with Crippen LogP contribution in [0.15, 0.2) is 41.7 Å². The first-order chi connectivity index (χ1) is 13.1. The molecular weight excluding hydrogens is 471 g/mol. The molecule has 3 rings (SSSR count). The summed E-state index contributed by atoms with van der Waals surface area (Å²) in [5, 5.41) is 16.9. The maximum Gasteiger partial charge on any atom is 0.246 e. The quantitative estimate of drug-likeness (QED) is 0.370. The third kappa shape index (κ3) is 5.22. The van der Waals surface area contributed by atoms with E-state index in [-0.39, 0.29) is 43.0 Å². The van der Waals surface area contributed by atoms with Crippen molar-refractivity contribution in [1.29, 1.82) is 0 Å². The molecule has 28 heavy (non-hydrogen) atoms. The number of nitrogens with one attached hydrogen (secondary N) is 1. The van der Waals surface area contributed by atoms with E-state index in [0.717, 1.165) is 23.4 Å². The Kier molecular flexibility index (Phi) is 8.24. The molecule has 1 fully saturated rings. The van der Waals surface area contributed by atoms with Gasteiger partial charge >= 0.3 is 0 Å². The topological polar surface area (TPSA) is 86.0 Å². The summed E-state index contributed by atoms with van der Waals surface area (Å²) < 4.78 is 1.69. The monoisotopic (exact) mass is 498 g/mol. The number of piperazine rings is 1. The van der Waals surface area contributed by atoms with Crippen molar-refractivity contribution in [3.8, 4) is 0 Å². The molecule has 1 aromatic carbocycles. The summed E-state index contributed by atoms with van der Waals surface area (Å²) in [7, 11) is 1.84. The van der Waals surface area contributed by atoms with Gasteiger partial charge in [0.1, 0.15) is 6.54 Å². The highest BCUT2D eigenvalue weighted by atomic mass is 127. The highest BCUT2D eigenvalue weighted by Crippen LogP contribution is 2.16. The molecule has 2 heterocycles. The number of aliphatic imine (C=N–C) groups is 1. The first-order valence-electron chi connectivity index (χ1n) is 9.12. The predicted octanol–water partition coefficient (Wildman–Crippen LogP) is 1.34. The van der Waals surface area contributed by atoms with Crippen molar-refractivity contribution in [2.24, 2.45) is 12.0 Å². The van der Waals surface area contributed by atoms with Gasteiger partial charge in [0, 0.05) is 32.9 Å². The number of hydrogen-bond donors (Lipinski definition) is 2. The summed E-state index contributed by atoms with van der Waals surface area (Å²) in [5.74, 6) is 0.736. The Labute approximate surface area is 182 Å². The number of rotatable bonds is 5. The number of amides is 1. The van der Waals surface area contributed by atoms with E-state index in [0.29, 0.717) is 25.6 Å². The molecule has 1 amide bonds. The number of halogens is 1. The fourth-order valence-electron chi connectivity index (χ4n) is 3.13. The molecule has 9 heteroatoms. The second kappa shape index (κ2) is 10.4. The van der Waals surface area contributed by atoms with Gasteiger partial charge in [0.15, 0.2) is 5.96 Å². The lowest BCUT2D eigenvalue weighted by Gasteiger charge is -2.35. The zero-order valence-corrected chi connectivity index (χ0v) is 18.5. The minimum absolute atomic E-state index is 0. The number of hydrogen-bond acceptors (Lipinski definition) is 4. The van der Waals surface area contributed by atoms with Crippen molar-refractivity contribution in [2.75, 3.05) is 31.1 Å². The van der Waals surface area contributed by atoms with E-state index in [2.05, 4.69) is 15.4 Å². The van der Waals surface area contributed by atoms with Crippen LogP contribution in [0.3, 0.4) is 0 Å². The van der Waals surface area contributed by atoms with Crippen LogP contribution in [0.1, 0.15) is 18.1 Å². The standard InChI is InChI=1S/C19H26N6O2.HI/c1-3-20-19(21-10-15-6-4-5-7-16(15)14-26)24-8-9-25(18(27)13-24)17-11-22-23(2)12-17;/h4-7,11-12,26H,3,8-10,13-14H2,1-2H3,(H,20,21);1H. The number of aromatic nitrogens is 2. The molecule has 2 N–H and O–H groups in total. The molecule has 0 unspecified atom stereocenters. The molecule has 0 bridgehead atoms. The number of aliphatic hydroxyl groups is 1. The summed E-state index contributed by atoms with van der Waals surface area (Å²) >= 11 is 0. The van der Waals surface area contributed by atoms with Gasteiger partial charge in [0.2, 0.25) is 5.91 Å². The third-order valence-corrected chi connectivity index (χ3v) is 4.55. The van der Waals surface area contributed by atoms with Gasteiger partial charge in [-0.25, -0.2) is 4.99 Å². The predicted molar refractivity (Wildman–Crippen MR) is 120 cm³/mol. The van der Waals surface area contributed by atoms with Crippen molar-refractivity contribution in [1.82, 2.24) is 20.0 Å². The number of anilines is 1. The maximum atomic E-state index is 12.6. The molecule has 0 spiro atoms. The lowest BCUT2D eigenvalue weighted by Crippen LogP contribution is -2.55. The number of benzene rings is 1. The molecule has 0 radical (unpaired) electrons. The van der Waals surface area contributed by atoms with Gasteiger partial charge < -0.3 is 20.2 Å². The van der Waals surface area contributed by atoms with Gasteiger partial charge in [0.05, 0.1) is 25.0 Å². The number of carbonyl (C=O) groups is 1. The van der Waals surface area contributed by atoms with Crippen molar-refractivity contribution in [3.63, 3.8) is 0 Å². The fourth-order valence-corrected chi connectivity index (χ4v) is 3.13. The first-order valence-corrected chi connectivity index (χ1v) is 9.12. The van der Waals surface area contributed by atoms with Gasteiger partial charge in [-0.2, -0.15) is 5.10 Å². The Hall–Kier alpha value is -2.14.